The number of carbonyl (C=O) groups excluding carboxylic acids is 1. The van der Waals surface area contributed by atoms with E-state index in [1.165, 1.54) is 26.6 Å². The molecule has 0 aromatic carbocycles. The molecule has 0 bridgehead atoms. The standard InChI is InChI=1S/C17H21N3O5S2/c1-27(23,24)19-8-4-6-13(19)16(22)25-10-11-9-15(21)20-12-5-2-3-7-14(12)26-17(20)18-11/h9,13H,2-8,10H2,1H3/t13-/m1/s1. The summed E-state index contributed by atoms with van der Waals surface area (Å²) in [6.45, 7) is 0.187. The fourth-order valence-electron chi connectivity index (χ4n) is 3.83. The Morgan fingerprint density at radius 2 is 2.11 bits per heavy atom. The number of rotatable bonds is 4. The smallest absolute Gasteiger partial charge is 0.324 e. The number of ether oxygens (including phenoxy) is 1. The molecule has 3 heterocycles. The van der Waals surface area contributed by atoms with Crippen LogP contribution in [0.1, 0.15) is 41.9 Å². The Morgan fingerprint density at radius 3 is 2.89 bits per heavy atom. The molecule has 2 aromatic heterocycles. The maximum atomic E-state index is 12.5. The SMILES string of the molecule is CS(=O)(=O)N1CCC[C@@H]1C(=O)OCc1cc(=O)n2c3c(sc2n1)CCCC3. The highest BCUT2D eigenvalue weighted by Crippen LogP contribution is 2.28. The van der Waals surface area contributed by atoms with E-state index in [0.717, 1.165) is 37.6 Å². The number of nitrogens with zero attached hydrogens (tertiary/aromatic N) is 3. The largest absolute Gasteiger partial charge is 0.458 e. The second kappa shape index (κ2) is 6.99. The Kier molecular flexibility index (Phi) is 4.81. The number of aryl methyl sites for hydroxylation is 2. The molecule has 0 radical (unpaired) electrons. The summed E-state index contributed by atoms with van der Waals surface area (Å²) < 4.78 is 31.7. The first kappa shape index (κ1) is 18.6. The minimum absolute atomic E-state index is 0.138. The van der Waals surface area contributed by atoms with Gasteiger partial charge < -0.3 is 4.74 Å². The number of esters is 1. The molecule has 1 atom stereocenters. The minimum Gasteiger partial charge on any atom is -0.458 e. The van der Waals surface area contributed by atoms with E-state index in [2.05, 4.69) is 4.98 Å². The highest BCUT2D eigenvalue weighted by molar-refractivity contribution is 7.88. The zero-order valence-electron chi connectivity index (χ0n) is 15.0. The molecule has 2 aliphatic rings. The van der Waals surface area contributed by atoms with Crippen LogP contribution in [-0.2, 0) is 39.0 Å². The highest BCUT2D eigenvalue weighted by Gasteiger charge is 2.37. The predicted molar refractivity (Wildman–Crippen MR) is 100 cm³/mol. The summed E-state index contributed by atoms with van der Waals surface area (Å²) in [6.07, 6.45) is 6.20. The summed E-state index contributed by atoms with van der Waals surface area (Å²) in [5.41, 5.74) is 1.27. The van der Waals surface area contributed by atoms with E-state index < -0.39 is 22.0 Å². The first-order valence-electron chi connectivity index (χ1n) is 9.01. The number of hydrogen-bond donors (Lipinski definition) is 0. The molecule has 8 nitrogen and oxygen atoms in total. The van der Waals surface area contributed by atoms with Crippen molar-refractivity contribution in [1.82, 2.24) is 13.7 Å². The lowest BCUT2D eigenvalue weighted by atomic mass is 10.0. The molecule has 0 amide bonds. The number of thiazole rings is 1. The van der Waals surface area contributed by atoms with Crippen LogP contribution in [0.25, 0.3) is 4.96 Å². The third-order valence-electron chi connectivity index (χ3n) is 5.08. The summed E-state index contributed by atoms with van der Waals surface area (Å²) >= 11 is 1.52. The molecule has 1 fully saturated rings. The van der Waals surface area contributed by atoms with Gasteiger partial charge in [-0.3, -0.25) is 14.0 Å². The molecule has 0 N–H and O–H groups in total. The minimum atomic E-state index is -3.45. The lowest BCUT2D eigenvalue weighted by Crippen LogP contribution is -2.40. The van der Waals surface area contributed by atoms with Gasteiger partial charge in [-0.05, 0) is 38.5 Å². The van der Waals surface area contributed by atoms with Crippen LogP contribution in [0.4, 0.5) is 0 Å². The number of sulfonamides is 1. The van der Waals surface area contributed by atoms with Gasteiger partial charge in [0.2, 0.25) is 10.0 Å². The van der Waals surface area contributed by atoms with Gasteiger partial charge in [0.25, 0.3) is 5.56 Å². The van der Waals surface area contributed by atoms with Crippen LogP contribution in [0.5, 0.6) is 0 Å². The van der Waals surface area contributed by atoms with Crippen LogP contribution in [0, 0.1) is 0 Å². The Morgan fingerprint density at radius 1 is 1.33 bits per heavy atom. The first-order chi connectivity index (χ1) is 12.8. The van der Waals surface area contributed by atoms with Crippen LogP contribution in [0.15, 0.2) is 10.9 Å². The third kappa shape index (κ3) is 3.53. The van der Waals surface area contributed by atoms with Gasteiger partial charge in [0.05, 0.1) is 11.9 Å². The number of fused-ring (bicyclic) bond motifs is 3. The zero-order valence-corrected chi connectivity index (χ0v) is 16.6. The van der Waals surface area contributed by atoms with Gasteiger partial charge in [0.15, 0.2) is 4.96 Å². The van der Waals surface area contributed by atoms with E-state index >= 15 is 0 Å². The van der Waals surface area contributed by atoms with E-state index in [1.54, 1.807) is 4.40 Å². The number of hydrogen-bond acceptors (Lipinski definition) is 7. The van der Waals surface area contributed by atoms with Gasteiger partial charge in [-0.2, -0.15) is 4.31 Å². The molecule has 10 heteroatoms. The van der Waals surface area contributed by atoms with Crippen LogP contribution in [-0.4, -0.2) is 46.9 Å². The van der Waals surface area contributed by atoms with Crippen molar-refractivity contribution in [2.45, 2.75) is 51.2 Å². The van der Waals surface area contributed by atoms with Crippen molar-refractivity contribution < 1.29 is 17.9 Å². The molecule has 2 aromatic rings. The summed E-state index contributed by atoms with van der Waals surface area (Å²) in [4.78, 5) is 31.2. The summed E-state index contributed by atoms with van der Waals surface area (Å²) in [5.74, 6) is -0.592. The fourth-order valence-corrected chi connectivity index (χ4v) is 6.18. The van der Waals surface area contributed by atoms with Gasteiger partial charge in [-0.1, -0.05) is 0 Å². The van der Waals surface area contributed by atoms with Gasteiger partial charge in [-0.15, -0.1) is 11.3 Å². The van der Waals surface area contributed by atoms with Crippen molar-refractivity contribution in [3.05, 3.63) is 32.7 Å². The lowest BCUT2D eigenvalue weighted by molar-refractivity contribution is -0.148. The number of carbonyl (C=O) groups is 1. The van der Waals surface area contributed by atoms with Gasteiger partial charge >= 0.3 is 5.97 Å². The van der Waals surface area contributed by atoms with Crippen LogP contribution in [0.2, 0.25) is 0 Å². The molecule has 27 heavy (non-hydrogen) atoms. The lowest BCUT2D eigenvalue weighted by Gasteiger charge is -2.20. The Bertz CT molecular complexity index is 1060. The zero-order chi connectivity index (χ0) is 19.2. The summed E-state index contributed by atoms with van der Waals surface area (Å²) in [6, 6.07) is 0.601. The quantitative estimate of drug-likeness (QED) is 0.699. The van der Waals surface area contributed by atoms with E-state index in [1.807, 2.05) is 0 Å². The van der Waals surface area contributed by atoms with Crippen LogP contribution >= 0.6 is 11.3 Å². The van der Waals surface area contributed by atoms with Crippen molar-refractivity contribution in [1.29, 1.82) is 0 Å². The topological polar surface area (TPSA) is 98.0 Å². The molecule has 1 aliphatic heterocycles. The molecule has 0 spiro atoms. The van der Waals surface area contributed by atoms with Crippen molar-refractivity contribution in [2.75, 3.05) is 12.8 Å². The molecular weight excluding hydrogens is 390 g/mol. The van der Waals surface area contributed by atoms with E-state index in [9.17, 15) is 18.0 Å². The second-order valence-electron chi connectivity index (χ2n) is 7.02. The van der Waals surface area contributed by atoms with Crippen LogP contribution < -0.4 is 5.56 Å². The van der Waals surface area contributed by atoms with E-state index in [-0.39, 0.29) is 12.2 Å². The summed E-state index contributed by atoms with van der Waals surface area (Å²) in [7, 11) is -3.45. The first-order valence-corrected chi connectivity index (χ1v) is 11.7. The monoisotopic (exact) mass is 411 g/mol. The normalized spacial score (nSPS) is 20.7. The van der Waals surface area contributed by atoms with E-state index in [4.69, 9.17) is 4.74 Å². The second-order valence-corrected chi connectivity index (χ2v) is 10.0. The van der Waals surface area contributed by atoms with Crippen molar-refractivity contribution >= 4 is 32.3 Å². The summed E-state index contributed by atoms with van der Waals surface area (Å²) in [5, 5.41) is 0. The maximum Gasteiger partial charge on any atom is 0.324 e. The van der Waals surface area contributed by atoms with E-state index in [0.29, 0.717) is 30.0 Å². The molecular formula is C17H21N3O5S2. The van der Waals surface area contributed by atoms with Gasteiger partial charge in [-0.25, -0.2) is 13.4 Å². The molecule has 1 saturated heterocycles. The average Bonchev–Trinajstić information content (AvgIpc) is 3.23. The van der Waals surface area contributed by atoms with Gasteiger partial charge in [0.1, 0.15) is 12.6 Å². The Labute approximate surface area is 160 Å². The van der Waals surface area contributed by atoms with Crippen molar-refractivity contribution in [2.24, 2.45) is 0 Å². The third-order valence-corrected chi connectivity index (χ3v) is 7.51. The van der Waals surface area contributed by atoms with Crippen molar-refractivity contribution in [3.8, 4) is 0 Å². The molecule has 4 rings (SSSR count). The highest BCUT2D eigenvalue weighted by atomic mass is 32.2. The van der Waals surface area contributed by atoms with Gasteiger partial charge in [0, 0.05) is 23.2 Å². The fraction of sp³-hybridized carbons (Fsp3) is 0.588. The molecule has 146 valence electrons. The molecule has 0 unspecified atom stereocenters. The average molecular weight is 412 g/mol. The van der Waals surface area contributed by atoms with Crippen molar-refractivity contribution in [3.63, 3.8) is 0 Å². The Hall–Kier alpha value is -1.78. The maximum absolute atomic E-state index is 12.5. The molecule has 0 saturated carbocycles. The Balaban J connectivity index is 1.52. The predicted octanol–water partition coefficient (Wildman–Crippen LogP) is 1.10. The number of aromatic nitrogens is 2. The molecule has 1 aliphatic carbocycles. The van der Waals surface area contributed by atoms with Crippen LogP contribution in [0.3, 0.4) is 0 Å².